The van der Waals surface area contributed by atoms with Crippen LogP contribution in [0.4, 0.5) is 5.95 Å². The van der Waals surface area contributed by atoms with Crippen molar-refractivity contribution in [2.24, 2.45) is 7.05 Å². The molecule has 0 amide bonds. The molecular formula is C15H25N5. The molecular weight excluding hydrogens is 250 g/mol. The second-order valence-corrected chi connectivity index (χ2v) is 7.33. The minimum Gasteiger partial charge on any atom is -0.351 e. The maximum atomic E-state index is 4.62. The molecule has 5 heteroatoms. The molecule has 0 saturated heterocycles. The molecule has 0 saturated carbocycles. The van der Waals surface area contributed by atoms with Crippen molar-refractivity contribution in [3.63, 3.8) is 0 Å². The fourth-order valence-corrected chi connectivity index (χ4v) is 1.86. The maximum Gasteiger partial charge on any atom is 0.203 e. The number of aryl methyl sites for hydroxylation is 1. The van der Waals surface area contributed by atoms with Crippen LogP contribution in [-0.2, 0) is 12.5 Å². The van der Waals surface area contributed by atoms with Crippen molar-refractivity contribution < 1.29 is 0 Å². The molecule has 2 aromatic heterocycles. The van der Waals surface area contributed by atoms with E-state index in [4.69, 9.17) is 0 Å². The van der Waals surface area contributed by atoms with E-state index in [1.807, 2.05) is 24.0 Å². The largest absolute Gasteiger partial charge is 0.351 e. The van der Waals surface area contributed by atoms with E-state index in [2.05, 4.69) is 61.8 Å². The van der Waals surface area contributed by atoms with Gasteiger partial charge in [0, 0.05) is 36.1 Å². The highest BCUT2D eigenvalue weighted by Gasteiger charge is 2.19. The quantitative estimate of drug-likeness (QED) is 0.884. The zero-order valence-corrected chi connectivity index (χ0v) is 13.5. The first kappa shape index (κ1) is 14.6. The molecule has 20 heavy (non-hydrogen) atoms. The predicted octanol–water partition coefficient (Wildman–Crippen LogP) is 3.32. The third-order valence-corrected chi connectivity index (χ3v) is 2.99. The molecule has 2 N–H and O–H groups in total. The lowest BCUT2D eigenvalue weighted by atomic mass is 9.93. The highest BCUT2D eigenvalue weighted by molar-refractivity contribution is 5.53. The van der Waals surface area contributed by atoms with Crippen molar-refractivity contribution in [2.75, 3.05) is 5.32 Å². The van der Waals surface area contributed by atoms with Gasteiger partial charge in [0.05, 0.1) is 0 Å². The van der Waals surface area contributed by atoms with Gasteiger partial charge in [-0.2, -0.15) is 0 Å². The molecule has 2 aromatic rings. The third kappa shape index (κ3) is 3.21. The van der Waals surface area contributed by atoms with Gasteiger partial charge < -0.3 is 14.9 Å². The summed E-state index contributed by atoms with van der Waals surface area (Å²) in [6.45, 7) is 12.8. The van der Waals surface area contributed by atoms with Crippen LogP contribution in [0.1, 0.15) is 47.2 Å². The fourth-order valence-electron chi connectivity index (χ4n) is 1.86. The van der Waals surface area contributed by atoms with Gasteiger partial charge in [-0.3, -0.25) is 0 Å². The van der Waals surface area contributed by atoms with Crippen LogP contribution in [0.15, 0.2) is 12.4 Å². The van der Waals surface area contributed by atoms with Gasteiger partial charge in [0.25, 0.3) is 0 Å². The number of nitrogens with one attached hydrogen (secondary N) is 2. The number of hydrogen-bond donors (Lipinski definition) is 2. The van der Waals surface area contributed by atoms with E-state index >= 15 is 0 Å². The Morgan fingerprint density at radius 3 is 2.30 bits per heavy atom. The van der Waals surface area contributed by atoms with Gasteiger partial charge in [0.1, 0.15) is 5.69 Å². The van der Waals surface area contributed by atoms with Gasteiger partial charge in [0.15, 0.2) is 5.82 Å². The first-order chi connectivity index (χ1) is 9.06. The normalized spacial score (nSPS) is 12.8. The van der Waals surface area contributed by atoms with Crippen LogP contribution in [0.2, 0.25) is 0 Å². The summed E-state index contributed by atoms with van der Waals surface area (Å²) in [5, 5.41) is 3.39. The second kappa shape index (κ2) is 4.65. The lowest BCUT2D eigenvalue weighted by Crippen LogP contribution is -2.27. The summed E-state index contributed by atoms with van der Waals surface area (Å²) in [7, 11) is 1.98. The SMILES string of the molecule is Cn1cc(-c2ncc(C(C)(C)C)[nH]2)nc1NC(C)(C)C. The van der Waals surface area contributed by atoms with Gasteiger partial charge in [-0.1, -0.05) is 20.8 Å². The van der Waals surface area contributed by atoms with Crippen LogP contribution >= 0.6 is 0 Å². The Kier molecular flexibility index (Phi) is 3.40. The molecule has 0 aliphatic rings. The van der Waals surface area contributed by atoms with Crippen LogP contribution < -0.4 is 5.32 Å². The summed E-state index contributed by atoms with van der Waals surface area (Å²) in [5.74, 6) is 1.66. The number of H-pyrrole nitrogens is 1. The summed E-state index contributed by atoms with van der Waals surface area (Å²) in [6.07, 6.45) is 3.88. The van der Waals surface area contributed by atoms with Crippen LogP contribution in [0.3, 0.4) is 0 Å². The van der Waals surface area contributed by atoms with Crippen molar-refractivity contribution in [1.82, 2.24) is 19.5 Å². The Morgan fingerprint density at radius 2 is 1.80 bits per heavy atom. The molecule has 2 rings (SSSR count). The van der Waals surface area contributed by atoms with E-state index in [1.54, 1.807) is 0 Å². The van der Waals surface area contributed by atoms with E-state index in [0.717, 1.165) is 23.2 Å². The molecule has 0 fully saturated rings. The molecule has 0 bridgehead atoms. The van der Waals surface area contributed by atoms with Gasteiger partial charge in [-0.05, 0) is 20.8 Å². The van der Waals surface area contributed by atoms with E-state index in [1.165, 1.54) is 0 Å². The summed E-state index contributed by atoms with van der Waals surface area (Å²) in [6, 6.07) is 0. The number of imidazole rings is 2. The van der Waals surface area contributed by atoms with E-state index in [-0.39, 0.29) is 11.0 Å². The molecule has 0 atom stereocenters. The monoisotopic (exact) mass is 275 g/mol. The minimum absolute atomic E-state index is 0.0177. The van der Waals surface area contributed by atoms with E-state index in [9.17, 15) is 0 Å². The average molecular weight is 275 g/mol. The highest BCUT2D eigenvalue weighted by Crippen LogP contribution is 2.24. The van der Waals surface area contributed by atoms with Crippen molar-refractivity contribution in [3.05, 3.63) is 18.1 Å². The Balaban J connectivity index is 2.30. The Bertz CT molecular complexity index is 593. The number of aromatic amines is 1. The fraction of sp³-hybridized carbons (Fsp3) is 0.600. The lowest BCUT2D eigenvalue weighted by Gasteiger charge is -2.20. The summed E-state index contributed by atoms with van der Waals surface area (Å²) in [4.78, 5) is 12.4. The lowest BCUT2D eigenvalue weighted by molar-refractivity contribution is 0.573. The number of anilines is 1. The summed E-state index contributed by atoms with van der Waals surface area (Å²) < 4.78 is 1.99. The predicted molar refractivity (Wildman–Crippen MR) is 82.9 cm³/mol. The number of hydrogen-bond acceptors (Lipinski definition) is 3. The topological polar surface area (TPSA) is 58.5 Å². The van der Waals surface area contributed by atoms with Gasteiger partial charge in [-0.15, -0.1) is 0 Å². The van der Waals surface area contributed by atoms with Crippen LogP contribution in [-0.4, -0.2) is 25.1 Å². The minimum atomic E-state index is -0.0177. The maximum absolute atomic E-state index is 4.62. The van der Waals surface area contributed by atoms with Gasteiger partial charge in [0.2, 0.25) is 5.95 Å². The Labute approximate surface area is 120 Å². The van der Waals surface area contributed by atoms with Crippen LogP contribution in [0.5, 0.6) is 0 Å². The Hall–Kier alpha value is -1.78. The second-order valence-electron chi connectivity index (χ2n) is 7.33. The van der Waals surface area contributed by atoms with Crippen molar-refractivity contribution >= 4 is 5.95 Å². The zero-order valence-electron chi connectivity index (χ0n) is 13.5. The first-order valence-electron chi connectivity index (χ1n) is 6.94. The van der Waals surface area contributed by atoms with Crippen LogP contribution in [0.25, 0.3) is 11.5 Å². The molecule has 2 heterocycles. The zero-order chi connectivity index (χ0) is 15.1. The van der Waals surface area contributed by atoms with Crippen LogP contribution in [0, 0.1) is 0 Å². The molecule has 0 aliphatic heterocycles. The molecule has 0 aromatic carbocycles. The number of nitrogens with zero attached hydrogens (tertiary/aromatic N) is 3. The highest BCUT2D eigenvalue weighted by atomic mass is 15.2. The smallest absolute Gasteiger partial charge is 0.203 e. The summed E-state index contributed by atoms with van der Waals surface area (Å²) in [5.41, 5.74) is 2.01. The van der Waals surface area contributed by atoms with Crippen molar-refractivity contribution in [2.45, 2.75) is 52.5 Å². The van der Waals surface area contributed by atoms with E-state index in [0.29, 0.717) is 0 Å². The molecule has 110 valence electrons. The van der Waals surface area contributed by atoms with E-state index < -0.39 is 0 Å². The Morgan fingerprint density at radius 1 is 1.15 bits per heavy atom. The molecule has 5 nitrogen and oxygen atoms in total. The van der Waals surface area contributed by atoms with Gasteiger partial charge in [-0.25, -0.2) is 9.97 Å². The summed E-state index contributed by atoms with van der Waals surface area (Å²) >= 11 is 0. The molecule has 0 radical (unpaired) electrons. The van der Waals surface area contributed by atoms with Gasteiger partial charge >= 0.3 is 0 Å². The molecule has 0 spiro atoms. The molecule has 0 aliphatic carbocycles. The third-order valence-electron chi connectivity index (χ3n) is 2.99. The number of aromatic nitrogens is 4. The average Bonchev–Trinajstić information content (AvgIpc) is 2.83. The first-order valence-corrected chi connectivity index (χ1v) is 6.94. The number of rotatable bonds is 2. The van der Waals surface area contributed by atoms with Crippen molar-refractivity contribution in [1.29, 1.82) is 0 Å². The molecule has 0 unspecified atom stereocenters. The standard InChI is InChI=1S/C15H25N5/c1-14(2,3)11-8-16-12(18-11)10-9-20(7)13(17-10)19-15(4,5)6/h8-9H,1-7H3,(H,16,18)(H,17,19). The van der Waals surface area contributed by atoms with Crippen molar-refractivity contribution in [3.8, 4) is 11.5 Å².